The third kappa shape index (κ3) is 4.32. The highest BCUT2D eigenvalue weighted by atomic mass is 16.5. The monoisotopic (exact) mass is 160 g/mol. The summed E-state index contributed by atoms with van der Waals surface area (Å²) in [6, 6.07) is -0.924. The van der Waals surface area contributed by atoms with E-state index in [1.165, 1.54) is 0 Å². The van der Waals surface area contributed by atoms with E-state index < -0.39 is 17.9 Å². The Kier molecular flexibility index (Phi) is 4.21. The van der Waals surface area contributed by atoms with Crippen molar-refractivity contribution < 1.29 is 14.3 Å². The normalized spacial score (nSPS) is 12.2. The molecule has 0 aliphatic rings. The number of carbonyl (C=O) groups is 2. The first-order chi connectivity index (χ1) is 5.07. The summed E-state index contributed by atoms with van der Waals surface area (Å²) in [5.74, 6) is -1.20. The van der Waals surface area contributed by atoms with Gasteiger partial charge in [0.1, 0.15) is 6.04 Å². The first-order valence-electron chi connectivity index (χ1n) is 3.28. The van der Waals surface area contributed by atoms with Crippen molar-refractivity contribution in [1.82, 2.24) is 0 Å². The van der Waals surface area contributed by atoms with E-state index >= 15 is 0 Å². The van der Waals surface area contributed by atoms with Gasteiger partial charge in [-0.1, -0.05) is 0 Å². The Balaban J connectivity index is 3.73. The molecule has 0 aliphatic heterocycles. The molecular weight excluding hydrogens is 148 g/mol. The van der Waals surface area contributed by atoms with Gasteiger partial charge in [-0.3, -0.25) is 9.59 Å². The third-order valence-electron chi connectivity index (χ3n) is 1.01. The minimum absolute atomic E-state index is 0.168. The molecule has 0 rings (SSSR count). The Bertz CT molecular complexity index is 158. The molecule has 0 fully saturated rings. The topological polar surface area (TPSA) is 95.4 Å². The predicted octanol–water partition coefficient (Wildman–Crippen LogP) is -1.25. The molecule has 0 aliphatic carbocycles. The standard InChI is InChI=1S/C6H12N2O3/c1-2-11-6(10)4(7)3-5(8)9/h4H,2-3,7H2,1H3,(H2,8,9). The van der Waals surface area contributed by atoms with Crippen molar-refractivity contribution in [3.8, 4) is 0 Å². The van der Waals surface area contributed by atoms with Crippen molar-refractivity contribution in [2.75, 3.05) is 6.61 Å². The van der Waals surface area contributed by atoms with Gasteiger partial charge < -0.3 is 16.2 Å². The first kappa shape index (κ1) is 9.90. The number of primary amides is 1. The van der Waals surface area contributed by atoms with Gasteiger partial charge in [0, 0.05) is 0 Å². The second-order valence-electron chi connectivity index (χ2n) is 2.03. The molecule has 0 aromatic carbocycles. The summed E-state index contributed by atoms with van der Waals surface area (Å²) >= 11 is 0. The van der Waals surface area contributed by atoms with Crippen LogP contribution in [0.2, 0.25) is 0 Å². The zero-order chi connectivity index (χ0) is 8.85. The Morgan fingerprint density at radius 1 is 1.55 bits per heavy atom. The van der Waals surface area contributed by atoms with Crippen LogP contribution in [0.4, 0.5) is 0 Å². The van der Waals surface area contributed by atoms with Crippen molar-refractivity contribution in [3.63, 3.8) is 0 Å². The van der Waals surface area contributed by atoms with Gasteiger partial charge in [-0.15, -0.1) is 0 Å². The Morgan fingerprint density at radius 3 is 2.45 bits per heavy atom. The number of hydrogen-bond acceptors (Lipinski definition) is 4. The van der Waals surface area contributed by atoms with Crippen molar-refractivity contribution in [2.24, 2.45) is 11.5 Å². The summed E-state index contributed by atoms with van der Waals surface area (Å²) < 4.78 is 4.53. The Morgan fingerprint density at radius 2 is 2.09 bits per heavy atom. The van der Waals surface area contributed by atoms with Gasteiger partial charge >= 0.3 is 5.97 Å². The van der Waals surface area contributed by atoms with Crippen molar-refractivity contribution in [1.29, 1.82) is 0 Å². The summed E-state index contributed by atoms with van der Waals surface area (Å²) in [6.07, 6.45) is -0.168. The van der Waals surface area contributed by atoms with E-state index in [1.54, 1.807) is 6.92 Å². The maximum atomic E-state index is 10.7. The van der Waals surface area contributed by atoms with Gasteiger partial charge in [-0.25, -0.2) is 0 Å². The molecule has 0 radical (unpaired) electrons. The summed E-state index contributed by atoms with van der Waals surface area (Å²) in [4.78, 5) is 21.0. The van der Waals surface area contributed by atoms with E-state index in [0.717, 1.165) is 0 Å². The minimum Gasteiger partial charge on any atom is -0.465 e. The van der Waals surface area contributed by atoms with Crippen LogP contribution in [-0.2, 0) is 14.3 Å². The number of hydrogen-bond donors (Lipinski definition) is 2. The molecule has 0 heterocycles. The lowest BCUT2D eigenvalue weighted by Crippen LogP contribution is -2.36. The van der Waals surface area contributed by atoms with E-state index in [-0.39, 0.29) is 13.0 Å². The largest absolute Gasteiger partial charge is 0.465 e. The van der Waals surface area contributed by atoms with E-state index in [4.69, 9.17) is 11.5 Å². The van der Waals surface area contributed by atoms with E-state index in [1.807, 2.05) is 0 Å². The molecular formula is C6H12N2O3. The summed E-state index contributed by atoms with van der Waals surface area (Å²) in [5, 5.41) is 0. The van der Waals surface area contributed by atoms with Crippen LogP contribution in [0.25, 0.3) is 0 Å². The Labute approximate surface area is 64.7 Å². The van der Waals surface area contributed by atoms with Crippen LogP contribution >= 0.6 is 0 Å². The number of carbonyl (C=O) groups excluding carboxylic acids is 2. The van der Waals surface area contributed by atoms with Gasteiger partial charge in [0.2, 0.25) is 5.91 Å². The fourth-order valence-electron chi connectivity index (χ4n) is 0.549. The van der Waals surface area contributed by atoms with E-state index in [2.05, 4.69) is 4.74 Å². The van der Waals surface area contributed by atoms with Crippen LogP contribution in [0.1, 0.15) is 13.3 Å². The lowest BCUT2D eigenvalue weighted by Gasteiger charge is -2.06. The summed E-state index contributed by atoms with van der Waals surface area (Å²) in [5.41, 5.74) is 10.0. The summed E-state index contributed by atoms with van der Waals surface area (Å²) in [6.45, 7) is 1.92. The molecule has 0 aromatic rings. The van der Waals surface area contributed by atoms with Crippen LogP contribution < -0.4 is 11.5 Å². The number of rotatable bonds is 4. The number of nitrogens with two attached hydrogens (primary N) is 2. The highest BCUT2D eigenvalue weighted by Gasteiger charge is 2.16. The SMILES string of the molecule is CCOC(=O)C(N)CC(N)=O. The quantitative estimate of drug-likeness (QED) is 0.502. The van der Waals surface area contributed by atoms with Gasteiger partial charge in [-0.2, -0.15) is 0 Å². The van der Waals surface area contributed by atoms with Crippen LogP contribution in [0.5, 0.6) is 0 Å². The third-order valence-corrected chi connectivity index (χ3v) is 1.01. The smallest absolute Gasteiger partial charge is 0.323 e. The van der Waals surface area contributed by atoms with Crippen LogP contribution in [-0.4, -0.2) is 24.5 Å². The Hall–Kier alpha value is -1.10. The van der Waals surface area contributed by atoms with Gasteiger partial charge in [0.05, 0.1) is 13.0 Å². The number of amides is 1. The summed E-state index contributed by atoms with van der Waals surface area (Å²) in [7, 11) is 0. The molecule has 0 saturated carbocycles. The fraction of sp³-hybridized carbons (Fsp3) is 0.667. The maximum Gasteiger partial charge on any atom is 0.323 e. The lowest BCUT2D eigenvalue weighted by atomic mass is 10.2. The second kappa shape index (κ2) is 4.68. The number of esters is 1. The average molecular weight is 160 g/mol. The molecule has 1 unspecified atom stereocenters. The molecule has 64 valence electrons. The zero-order valence-corrected chi connectivity index (χ0v) is 6.37. The molecule has 11 heavy (non-hydrogen) atoms. The fourth-order valence-corrected chi connectivity index (χ4v) is 0.549. The molecule has 4 N–H and O–H groups in total. The predicted molar refractivity (Wildman–Crippen MR) is 38.4 cm³/mol. The first-order valence-corrected chi connectivity index (χ1v) is 3.28. The van der Waals surface area contributed by atoms with E-state index in [0.29, 0.717) is 0 Å². The number of ether oxygens (including phenoxy) is 1. The molecule has 0 spiro atoms. The average Bonchev–Trinajstić information content (AvgIpc) is 1.86. The molecule has 5 nitrogen and oxygen atoms in total. The van der Waals surface area contributed by atoms with Crippen LogP contribution in [0.15, 0.2) is 0 Å². The molecule has 0 bridgehead atoms. The molecule has 1 amide bonds. The van der Waals surface area contributed by atoms with Crippen LogP contribution in [0, 0.1) is 0 Å². The molecule has 0 saturated heterocycles. The maximum absolute atomic E-state index is 10.7. The highest BCUT2D eigenvalue weighted by molar-refractivity contribution is 5.84. The van der Waals surface area contributed by atoms with E-state index in [9.17, 15) is 9.59 Å². The lowest BCUT2D eigenvalue weighted by molar-refractivity contribution is -0.145. The molecule has 5 heteroatoms. The van der Waals surface area contributed by atoms with Gasteiger partial charge in [-0.05, 0) is 6.92 Å². The molecule has 1 atom stereocenters. The van der Waals surface area contributed by atoms with Crippen LogP contribution in [0.3, 0.4) is 0 Å². The molecule has 0 aromatic heterocycles. The van der Waals surface area contributed by atoms with Crippen molar-refractivity contribution >= 4 is 11.9 Å². The van der Waals surface area contributed by atoms with Gasteiger partial charge in [0.25, 0.3) is 0 Å². The van der Waals surface area contributed by atoms with Gasteiger partial charge in [0.15, 0.2) is 0 Å². The minimum atomic E-state index is -0.924. The van der Waals surface area contributed by atoms with Crippen molar-refractivity contribution in [2.45, 2.75) is 19.4 Å². The highest BCUT2D eigenvalue weighted by Crippen LogP contribution is 1.90. The zero-order valence-electron chi connectivity index (χ0n) is 6.37. The van der Waals surface area contributed by atoms with Crippen molar-refractivity contribution in [3.05, 3.63) is 0 Å². The second-order valence-corrected chi connectivity index (χ2v) is 2.03.